The third-order valence-corrected chi connectivity index (χ3v) is 6.63. The summed E-state index contributed by atoms with van der Waals surface area (Å²) in [7, 11) is -3.09. The van der Waals surface area contributed by atoms with Gasteiger partial charge < -0.3 is 15.7 Å². The summed E-state index contributed by atoms with van der Waals surface area (Å²) in [6, 6.07) is 0.234. The first-order chi connectivity index (χ1) is 12.3. The van der Waals surface area contributed by atoms with Crippen molar-refractivity contribution in [3.8, 4) is 0 Å². The van der Waals surface area contributed by atoms with E-state index in [-0.39, 0.29) is 42.4 Å². The van der Waals surface area contributed by atoms with Crippen molar-refractivity contribution >= 4 is 40.0 Å². The van der Waals surface area contributed by atoms with E-state index in [1.807, 2.05) is 6.92 Å². The van der Waals surface area contributed by atoms with E-state index in [1.165, 1.54) is 0 Å². The zero-order valence-corrected chi connectivity index (χ0v) is 20.4. The molecular weight excluding hydrogens is 479 g/mol. The molecule has 162 valence electrons. The summed E-state index contributed by atoms with van der Waals surface area (Å²) in [5.41, 5.74) is 0. The van der Waals surface area contributed by atoms with Crippen LogP contribution in [0.4, 0.5) is 0 Å². The molecule has 0 radical (unpaired) electrons. The Hall–Kier alpha value is -0.130. The van der Waals surface area contributed by atoms with E-state index in [4.69, 9.17) is 4.99 Å². The van der Waals surface area contributed by atoms with E-state index < -0.39 is 10.0 Å². The van der Waals surface area contributed by atoms with Gasteiger partial charge >= 0.3 is 0 Å². The molecule has 9 heteroatoms. The van der Waals surface area contributed by atoms with Crippen LogP contribution in [-0.2, 0) is 10.0 Å². The Bertz CT molecular complexity index is 521. The lowest BCUT2D eigenvalue weighted by atomic mass is 9.94. The van der Waals surface area contributed by atoms with Gasteiger partial charge in [-0.1, -0.05) is 13.8 Å². The van der Waals surface area contributed by atoms with Crippen LogP contribution in [0.3, 0.4) is 0 Å². The van der Waals surface area contributed by atoms with Gasteiger partial charge in [-0.2, -0.15) is 0 Å². The van der Waals surface area contributed by atoms with Gasteiger partial charge in [-0.3, -0.25) is 4.99 Å². The van der Waals surface area contributed by atoms with E-state index in [0.717, 1.165) is 38.2 Å². The Kier molecular flexibility index (Phi) is 13.9. The number of hydrogen-bond acceptors (Lipinski definition) is 4. The maximum absolute atomic E-state index is 12.0. The van der Waals surface area contributed by atoms with Crippen LogP contribution in [0, 0.1) is 11.8 Å². The summed E-state index contributed by atoms with van der Waals surface area (Å²) < 4.78 is 25.5. The second kappa shape index (κ2) is 13.9. The van der Waals surface area contributed by atoms with Gasteiger partial charge in [0.15, 0.2) is 5.96 Å². The minimum absolute atomic E-state index is 0. The van der Waals surface area contributed by atoms with Gasteiger partial charge in [0.25, 0.3) is 0 Å². The lowest BCUT2D eigenvalue weighted by Crippen LogP contribution is -2.50. The number of sulfonamides is 1. The Morgan fingerprint density at radius 3 is 2.37 bits per heavy atom. The molecule has 0 saturated carbocycles. The molecule has 0 aromatic carbocycles. The molecule has 1 aliphatic rings. The van der Waals surface area contributed by atoms with Crippen molar-refractivity contribution in [3.05, 3.63) is 0 Å². The molecule has 3 N–H and O–H groups in total. The van der Waals surface area contributed by atoms with Crippen LogP contribution < -0.4 is 10.6 Å². The molecule has 1 atom stereocenters. The number of guanidine groups is 1. The largest absolute Gasteiger partial charge is 0.396 e. The van der Waals surface area contributed by atoms with E-state index in [0.29, 0.717) is 31.5 Å². The number of aliphatic hydroxyl groups is 1. The van der Waals surface area contributed by atoms with Crippen molar-refractivity contribution in [1.29, 1.82) is 0 Å². The first kappa shape index (κ1) is 26.9. The van der Waals surface area contributed by atoms with Gasteiger partial charge in [0.2, 0.25) is 10.0 Å². The van der Waals surface area contributed by atoms with E-state index >= 15 is 0 Å². The van der Waals surface area contributed by atoms with Crippen LogP contribution >= 0.6 is 24.0 Å². The van der Waals surface area contributed by atoms with Crippen molar-refractivity contribution in [2.24, 2.45) is 16.8 Å². The predicted molar refractivity (Wildman–Crippen MR) is 123 cm³/mol. The number of nitrogens with one attached hydrogen (secondary N) is 2. The van der Waals surface area contributed by atoms with E-state index in [2.05, 4.69) is 24.5 Å². The van der Waals surface area contributed by atoms with E-state index in [9.17, 15) is 13.5 Å². The van der Waals surface area contributed by atoms with Crippen LogP contribution in [0.25, 0.3) is 0 Å². The fraction of sp³-hybridized carbons (Fsp3) is 0.944. The number of aliphatic hydroxyl groups excluding tert-OH is 1. The lowest BCUT2D eigenvalue weighted by Gasteiger charge is -2.32. The number of halogens is 1. The Balaban J connectivity index is 0.00000676. The van der Waals surface area contributed by atoms with Gasteiger partial charge in [-0.15, -0.1) is 24.0 Å². The molecule has 0 amide bonds. The molecule has 1 saturated heterocycles. The molecule has 1 fully saturated rings. The third-order valence-electron chi connectivity index (χ3n) is 4.75. The third kappa shape index (κ3) is 10.3. The summed E-state index contributed by atoms with van der Waals surface area (Å²) >= 11 is 0. The fourth-order valence-electron chi connectivity index (χ4n) is 3.33. The molecule has 0 aliphatic carbocycles. The summed E-state index contributed by atoms with van der Waals surface area (Å²) in [5, 5.41) is 16.0. The first-order valence-corrected chi connectivity index (χ1v) is 11.6. The van der Waals surface area contributed by atoms with Crippen molar-refractivity contribution in [2.45, 2.75) is 59.4 Å². The molecule has 1 heterocycles. The van der Waals surface area contributed by atoms with Gasteiger partial charge in [0, 0.05) is 38.8 Å². The monoisotopic (exact) mass is 518 g/mol. The Morgan fingerprint density at radius 2 is 1.89 bits per heavy atom. The molecule has 7 nitrogen and oxygen atoms in total. The van der Waals surface area contributed by atoms with Crippen molar-refractivity contribution in [2.75, 3.05) is 38.5 Å². The van der Waals surface area contributed by atoms with Gasteiger partial charge in [0.1, 0.15) is 0 Å². The summed E-state index contributed by atoms with van der Waals surface area (Å²) in [4.78, 5) is 4.71. The van der Waals surface area contributed by atoms with Crippen molar-refractivity contribution < 1.29 is 13.5 Å². The zero-order valence-electron chi connectivity index (χ0n) is 17.3. The van der Waals surface area contributed by atoms with Crippen molar-refractivity contribution in [3.63, 3.8) is 0 Å². The van der Waals surface area contributed by atoms with Gasteiger partial charge in [-0.05, 0) is 51.4 Å². The second-order valence-corrected chi connectivity index (χ2v) is 9.70. The smallest absolute Gasteiger partial charge is 0.213 e. The number of nitrogens with zero attached hydrogens (tertiary/aromatic N) is 2. The van der Waals surface area contributed by atoms with Crippen LogP contribution in [0.15, 0.2) is 4.99 Å². The van der Waals surface area contributed by atoms with Crippen LogP contribution in [0.2, 0.25) is 0 Å². The number of piperidine rings is 1. The summed E-state index contributed by atoms with van der Waals surface area (Å²) in [6.45, 7) is 10.9. The lowest BCUT2D eigenvalue weighted by molar-refractivity contribution is 0.245. The standard InChI is InChI=1S/C18H38N4O3S.HI/c1-5-19-18(20-14-16(9-12-23)13-15(3)4)21-17-7-10-22(11-8-17)26(24,25)6-2;/h15-17,23H,5-14H2,1-4H3,(H2,19,20,21);1H. The SMILES string of the molecule is CCNC(=NCC(CCO)CC(C)C)NC1CCN(S(=O)(=O)CC)CC1.I. The maximum Gasteiger partial charge on any atom is 0.213 e. The quantitative estimate of drug-likeness (QED) is 0.234. The van der Waals surface area contributed by atoms with Crippen LogP contribution in [0.5, 0.6) is 0 Å². The van der Waals surface area contributed by atoms with Gasteiger partial charge in [0.05, 0.1) is 5.75 Å². The number of hydrogen-bond donors (Lipinski definition) is 3. The maximum atomic E-state index is 12.0. The average Bonchev–Trinajstić information content (AvgIpc) is 2.60. The van der Waals surface area contributed by atoms with Gasteiger partial charge in [-0.25, -0.2) is 12.7 Å². The van der Waals surface area contributed by atoms with Crippen molar-refractivity contribution in [1.82, 2.24) is 14.9 Å². The molecular formula is C18H39IN4O3S. The second-order valence-electron chi connectivity index (χ2n) is 7.45. The first-order valence-electron chi connectivity index (χ1n) is 9.95. The Morgan fingerprint density at radius 1 is 1.26 bits per heavy atom. The molecule has 0 bridgehead atoms. The fourth-order valence-corrected chi connectivity index (χ4v) is 4.46. The zero-order chi connectivity index (χ0) is 19.6. The molecule has 1 unspecified atom stereocenters. The predicted octanol–water partition coefficient (Wildman–Crippen LogP) is 2.02. The molecule has 1 aliphatic heterocycles. The van der Waals surface area contributed by atoms with E-state index in [1.54, 1.807) is 11.2 Å². The molecule has 0 aromatic rings. The summed E-state index contributed by atoms with van der Waals surface area (Å²) in [6.07, 6.45) is 3.40. The average molecular weight is 519 g/mol. The Labute approximate surface area is 182 Å². The normalized spacial score (nSPS) is 18.2. The molecule has 0 aromatic heterocycles. The van der Waals surface area contributed by atoms with Crippen LogP contribution in [-0.4, -0.2) is 68.4 Å². The number of aliphatic imine (C=N–C) groups is 1. The minimum atomic E-state index is -3.09. The highest BCUT2D eigenvalue weighted by molar-refractivity contribution is 14.0. The highest BCUT2D eigenvalue weighted by atomic mass is 127. The topological polar surface area (TPSA) is 94.0 Å². The van der Waals surface area contributed by atoms with Crippen LogP contribution in [0.1, 0.15) is 53.4 Å². The molecule has 27 heavy (non-hydrogen) atoms. The number of rotatable bonds is 10. The highest BCUT2D eigenvalue weighted by Gasteiger charge is 2.27. The minimum Gasteiger partial charge on any atom is -0.396 e. The highest BCUT2D eigenvalue weighted by Crippen LogP contribution is 2.16. The molecule has 0 spiro atoms. The molecule has 1 rings (SSSR count). The summed E-state index contributed by atoms with van der Waals surface area (Å²) in [5.74, 6) is 1.92.